The highest BCUT2D eigenvalue weighted by atomic mass is 16.5. The zero-order chi connectivity index (χ0) is 18.0. The Morgan fingerprint density at radius 2 is 1.84 bits per heavy atom. The molecule has 0 spiro atoms. The first-order valence-electron chi connectivity index (χ1n) is 7.26. The number of primary amides is 1. The topological polar surface area (TPSA) is 118 Å². The molecule has 3 aromatic rings. The second-order valence-corrected chi connectivity index (χ2v) is 5.18. The molecular formula is C18H13N2O5-. The highest BCUT2D eigenvalue weighted by Crippen LogP contribution is 2.21. The van der Waals surface area contributed by atoms with E-state index in [2.05, 4.69) is 4.99 Å². The molecule has 0 bridgehead atoms. The fourth-order valence-corrected chi connectivity index (χ4v) is 2.28. The van der Waals surface area contributed by atoms with E-state index in [0.29, 0.717) is 22.4 Å². The Morgan fingerprint density at radius 3 is 2.44 bits per heavy atom. The Bertz CT molecular complexity index is 1040. The lowest BCUT2D eigenvalue weighted by Gasteiger charge is -2.05. The van der Waals surface area contributed by atoms with Crippen molar-refractivity contribution in [1.29, 1.82) is 0 Å². The van der Waals surface area contributed by atoms with Crippen LogP contribution in [0, 0.1) is 0 Å². The van der Waals surface area contributed by atoms with Crippen LogP contribution in [-0.4, -0.2) is 19.0 Å². The molecule has 0 aliphatic rings. The van der Waals surface area contributed by atoms with Crippen LogP contribution in [0.3, 0.4) is 0 Å². The monoisotopic (exact) mass is 337 g/mol. The van der Waals surface area contributed by atoms with E-state index in [9.17, 15) is 14.7 Å². The number of carboxylic acid groups (broad SMARTS) is 1. The molecule has 2 aromatic carbocycles. The maximum atomic E-state index is 11.7. The summed E-state index contributed by atoms with van der Waals surface area (Å²) in [6.45, 7) is 0. The molecule has 0 fully saturated rings. The number of carbonyl (C=O) groups excluding carboxylic acids is 2. The lowest BCUT2D eigenvalue weighted by molar-refractivity contribution is -0.255. The molecule has 0 unspecified atom stereocenters. The molecule has 25 heavy (non-hydrogen) atoms. The molecule has 7 heteroatoms. The van der Waals surface area contributed by atoms with Crippen LogP contribution < -0.4 is 21.1 Å². The van der Waals surface area contributed by atoms with Crippen LogP contribution in [-0.2, 0) is 0 Å². The standard InChI is InChI=1S/C18H14N2O5/c1-24-13-6-7-15-11(8-13)9-14(16(19)21)17(25-15)20-12-4-2-10(3-5-12)18(22)23/h2-9H,1H3,(H2,19,21)(H,22,23)/p-1. The van der Waals surface area contributed by atoms with Gasteiger partial charge in [-0.05, 0) is 42.0 Å². The van der Waals surface area contributed by atoms with Gasteiger partial charge >= 0.3 is 0 Å². The van der Waals surface area contributed by atoms with Crippen LogP contribution in [0.1, 0.15) is 20.7 Å². The number of hydrogen-bond donors (Lipinski definition) is 1. The number of methoxy groups -OCH3 is 1. The molecule has 0 aliphatic carbocycles. The van der Waals surface area contributed by atoms with Crippen molar-refractivity contribution >= 4 is 28.5 Å². The first-order valence-corrected chi connectivity index (χ1v) is 7.26. The molecule has 2 N–H and O–H groups in total. The molecule has 1 heterocycles. The molecular weight excluding hydrogens is 324 g/mol. The van der Waals surface area contributed by atoms with Crippen molar-refractivity contribution in [2.24, 2.45) is 10.7 Å². The highest BCUT2D eigenvalue weighted by molar-refractivity contribution is 5.95. The van der Waals surface area contributed by atoms with Crippen LogP contribution in [0.2, 0.25) is 0 Å². The van der Waals surface area contributed by atoms with Gasteiger partial charge in [-0.2, -0.15) is 0 Å². The van der Waals surface area contributed by atoms with Gasteiger partial charge in [0.2, 0.25) is 5.55 Å². The van der Waals surface area contributed by atoms with Gasteiger partial charge in [0, 0.05) is 5.39 Å². The fraction of sp³-hybridized carbons (Fsp3) is 0.0556. The number of aromatic carboxylic acids is 1. The normalized spacial score (nSPS) is 11.5. The third-order valence-corrected chi connectivity index (χ3v) is 3.55. The summed E-state index contributed by atoms with van der Waals surface area (Å²) < 4.78 is 10.8. The van der Waals surface area contributed by atoms with Crippen LogP contribution in [0.25, 0.3) is 11.0 Å². The van der Waals surface area contributed by atoms with Crippen LogP contribution >= 0.6 is 0 Å². The summed E-state index contributed by atoms with van der Waals surface area (Å²) in [7, 11) is 1.54. The Balaban J connectivity index is 2.17. The molecule has 0 radical (unpaired) electrons. The van der Waals surface area contributed by atoms with Crippen molar-refractivity contribution in [2.75, 3.05) is 7.11 Å². The number of nitrogens with zero attached hydrogens (tertiary/aromatic N) is 1. The van der Waals surface area contributed by atoms with E-state index in [-0.39, 0.29) is 16.7 Å². The number of amides is 1. The van der Waals surface area contributed by atoms with Gasteiger partial charge in [-0.3, -0.25) is 4.79 Å². The van der Waals surface area contributed by atoms with E-state index in [4.69, 9.17) is 14.9 Å². The van der Waals surface area contributed by atoms with Gasteiger partial charge in [0.15, 0.2) is 0 Å². The number of carbonyl (C=O) groups is 2. The largest absolute Gasteiger partial charge is 0.545 e. The van der Waals surface area contributed by atoms with Crippen molar-refractivity contribution < 1.29 is 23.8 Å². The summed E-state index contributed by atoms with van der Waals surface area (Å²) in [6, 6.07) is 12.3. The fourth-order valence-electron chi connectivity index (χ4n) is 2.28. The Kier molecular flexibility index (Phi) is 4.21. The molecule has 3 rings (SSSR count). The molecule has 0 saturated carbocycles. The van der Waals surface area contributed by atoms with Gasteiger partial charge in [-0.1, -0.05) is 12.1 Å². The summed E-state index contributed by atoms with van der Waals surface area (Å²) in [4.78, 5) is 26.8. The number of carboxylic acids is 1. The lowest BCUT2D eigenvalue weighted by Crippen LogP contribution is -2.22. The van der Waals surface area contributed by atoms with E-state index in [0.717, 1.165) is 0 Å². The summed E-state index contributed by atoms with van der Waals surface area (Å²) in [5.74, 6) is -1.37. The minimum atomic E-state index is -1.28. The molecule has 126 valence electrons. The predicted molar refractivity (Wildman–Crippen MR) is 87.3 cm³/mol. The predicted octanol–water partition coefficient (Wildman–Crippen LogP) is 1.14. The summed E-state index contributed by atoms with van der Waals surface area (Å²) in [5, 5.41) is 11.4. The zero-order valence-corrected chi connectivity index (χ0v) is 13.2. The van der Waals surface area contributed by atoms with Crippen LogP contribution in [0.15, 0.2) is 57.9 Å². The van der Waals surface area contributed by atoms with Crippen molar-refractivity contribution in [3.8, 4) is 5.75 Å². The van der Waals surface area contributed by atoms with Crippen molar-refractivity contribution in [2.45, 2.75) is 0 Å². The van der Waals surface area contributed by atoms with E-state index in [1.807, 2.05) is 0 Å². The average molecular weight is 337 g/mol. The third kappa shape index (κ3) is 3.35. The van der Waals surface area contributed by atoms with E-state index in [1.165, 1.54) is 31.4 Å². The molecule has 0 saturated heterocycles. The minimum absolute atomic E-state index is 0.0246. The molecule has 1 amide bonds. The first-order chi connectivity index (χ1) is 12.0. The SMILES string of the molecule is COc1ccc2oc(=Nc3ccc(C(=O)[O-])cc3)c(C(N)=O)cc2c1. The number of rotatable bonds is 4. The van der Waals surface area contributed by atoms with Gasteiger partial charge in [0.05, 0.1) is 18.8 Å². The molecule has 7 nitrogen and oxygen atoms in total. The van der Waals surface area contributed by atoms with Gasteiger partial charge < -0.3 is 24.8 Å². The maximum absolute atomic E-state index is 11.7. The number of fused-ring (bicyclic) bond motifs is 1. The van der Waals surface area contributed by atoms with Gasteiger partial charge in [0.1, 0.15) is 16.9 Å². The Labute approximate surface area is 142 Å². The maximum Gasteiger partial charge on any atom is 0.254 e. The van der Waals surface area contributed by atoms with E-state index < -0.39 is 11.9 Å². The molecule has 1 aromatic heterocycles. The zero-order valence-electron chi connectivity index (χ0n) is 13.2. The van der Waals surface area contributed by atoms with Gasteiger partial charge in [-0.25, -0.2) is 4.99 Å². The smallest absolute Gasteiger partial charge is 0.254 e. The number of nitrogens with two attached hydrogens (primary N) is 1. The van der Waals surface area contributed by atoms with Crippen molar-refractivity contribution in [1.82, 2.24) is 0 Å². The summed E-state index contributed by atoms with van der Waals surface area (Å²) >= 11 is 0. The quantitative estimate of drug-likeness (QED) is 0.766. The van der Waals surface area contributed by atoms with Crippen molar-refractivity contribution in [3.63, 3.8) is 0 Å². The van der Waals surface area contributed by atoms with Gasteiger partial charge in [-0.15, -0.1) is 0 Å². The van der Waals surface area contributed by atoms with Crippen molar-refractivity contribution in [3.05, 3.63) is 65.2 Å². The van der Waals surface area contributed by atoms with Crippen LogP contribution in [0.4, 0.5) is 5.69 Å². The van der Waals surface area contributed by atoms with E-state index >= 15 is 0 Å². The lowest BCUT2D eigenvalue weighted by atomic mass is 10.1. The van der Waals surface area contributed by atoms with E-state index in [1.54, 1.807) is 24.3 Å². The van der Waals surface area contributed by atoms with Gasteiger partial charge in [0.25, 0.3) is 5.91 Å². The highest BCUT2D eigenvalue weighted by Gasteiger charge is 2.10. The number of benzene rings is 2. The Hall–Kier alpha value is -3.61. The second-order valence-electron chi connectivity index (χ2n) is 5.18. The Morgan fingerprint density at radius 1 is 1.12 bits per heavy atom. The molecule has 0 atom stereocenters. The number of hydrogen-bond acceptors (Lipinski definition) is 6. The summed E-state index contributed by atoms with van der Waals surface area (Å²) in [6.07, 6.45) is 0. The minimum Gasteiger partial charge on any atom is -0.545 e. The number of ether oxygens (including phenoxy) is 1. The summed E-state index contributed by atoms with van der Waals surface area (Å²) in [5.41, 5.74) is 6.48. The molecule has 0 aliphatic heterocycles. The average Bonchev–Trinajstić information content (AvgIpc) is 2.61. The third-order valence-electron chi connectivity index (χ3n) is 3.55. The second kappa shape index (κ2) is 6.48. The van der Waals surface area contributed by atoms with Crippen LogP contribution in [0.5, 0.6) is 5.75 Å². The first kappa shape index (κ1) is 16.3.